The van der Waals surface area contributed by atoms with E-state index >= 15 is 0 Å². The van der Waals surface area contributed by atoms with Crippen LogP contribution in [-0.4, -0.2) is 19.0 Å². The lowest BCUT2D eigenvalue weighted by atomic mass is 9.97. The third-order valence-corrected chi connectivity index (χ3v) is 2.84. The molecular formula is C12H16ClFN2O. The lowest BCUT2D eigenvalue weighted by Crippen LogP contribution is -2.34. The van der Waals surface area contributed by atoms with Gasteiger partial charge in [-0.05, 0) is 38.1 Å². The summed E-state index contributed by atoms with van der Waals surface area (Å²) in [5, 5.41) is 5.83. The minimum Gasteiger partial charge on any atom is -0.323 e. The molecule has 1 heterocycles. The van der Waals surface area contributed by atoms with Gasteiger partial charge in [0.2, 0.25) is 5.91 Å². The van der Waals surface area contributed by atoms with Crippen LogP contribution in [0.1, 0.15) is 12.8 Å². The van der Waals surface area contributed by atoms with Gasteiger partial charge in [-0.3, -0.25) is 4.79 Å². The van der Waals surface area contributed by atoms with Crippen LogP contribution in [-0.2, 0) is 4.79 Å². The average molecular weight is 259 g/mol. The predicted molar refractivity (Wildman–Crippen MR) is 67.9 cm³/mol. The topological polar surface area (TPSA) is 41.1 Å². The molecule has 17 heavy (non-hydrogen) atoms. The highest BCUT2D eigenvalue weighted by atomic mass is 35.5. The monoisotopic (exact) mass is 258 g/mol. The van der Waals surface area contributed by atoms with Crippen molar-refractivity contribution in [1.29, 1.82) is 0 Å². The summed E-state index contributed by atoms with van der Waals surface area (Å²) >= 11 is 0. The maximum absolute atomic E-state index is 13.3. The van der Waals surface area contributed by atoms with E-state index in [1.807, 2.05) is 0 Å². The Hall–Kier alpha value is -1.13. The van der Waals surface area contributed by atoms with Gasteiger partial charge >= 0.3 is 0 Å². The molecule has 0 spiro atoms. The van der Waals surface area contributed by atoms with E-state index < -0.39 is 0 Å². The number of carbonyl (C=O) groups excluding carboxylic acids is 1. The molecule has 0 saturated carbocycles. The van der Waals surface area contributed by atoms with Gasteiger partial charge in [-0.15, -0.1) is 12.4 Å². The molecule has 2 rings (SSSR count). The predicted octanol–water partition coefficient (Wildman–Crippen LogP) is 2.19. The van der Waals surface area contributed by atoms with Crippen molar-refractivity contribution < 1.29 is 9.18 Å². The average Bonchev–Trinajstić information content (AvgIpc) is 2.33. The minimum absolute atomic E-state index is 0. The van der Waals surface area contributed by atoms with Crippen molar-refractivity contribution in [3.63, 3.8) is 0 Å². The standard InChI is InChI=1S/C12H15FN2O.ClH/c13-10-3-1-2-4-11(10)15-12(16)9-5-7-14-8-6-9;/h1-4,9,14H,5-8H2,(H,15,16);1H. The first-order valence-corrected chi connectivity index (χ1v) is 5.53. The van der Waals surface area contributed by atoms with E-state index in [-0.39, 0.29) is 35.7 Å². The van der Waals surface area contributed by atoms with Crippen LogP contribution in [0.5, 0.6) is 0 Å². The second-order valence-corrected chi connectivity index (χ2v) is 3.99. The summed E-state index contributed by atoms with van der Waals surface area (Å²) in [6.45, 7) is 1.71. The first kappa shape index (κ1) is 13.9. The van der Waals surface area contributed by atoms with Crippen LogP contribution in [0.4, 0.5) is 10.1 Å². The highest BCUT2D eigenvalue weighted by Gasteiger charge is 2.21. The molecule has 1 amide bonds. The molecule has 0 bridgehead atoms. The summed E-state index contributed by atoms with van der Waals surface area (Å²) in [6, 6.07) is 6.24. The molecule has 0 atom stereocenters. The van der Waals surface area contributed by atoms with Crippen LogP contribution in [0.3, 0.4) is 0 Å². The fourth-order valence-corrected chi connectivity index (χ4v) is 1.88. The van der Waals surface area contributed by atoms with E-state index in [2.05, 4.69) is 10.6 Å². The zero-order valence-electron chi connectivity index (χ0n) is 9.41. The molecule has 1 fully saturated rings. The van der Waals surface area contributed by atoms with Crippen molar-refractivity contribution in [1.82, 2.24) is 5.32 Å². The van der Waals surface area contributed by atoms with Gasteiger partial charge in [-0.2, -0.15) is 0 Å². The largest absolute Gasteiger partial charge is 0.323 e. The number of hydrogen-bond donors (Lipinski definition) is 2. The Balaban J connectivity index is 0.00000144. The lowest BCUT2D eigenvalue weighted by Gasteiger charge is -2.21. The lowest BCUT2D eigenvalue weighted by molar-refractivity contribution is -0.120. The molecule has 3 nitrogen and oxygen atoms in total. The molecule has 1 aromatic rings. The molecule has 1 aliphatic rings. The van der Waals surface area contributed by atoms with Crippen molar-refractivity contribution in [2.45, 2.75) is 12.8 Å². The molecular weight excluding hydrogens is 243 g/mol. The molecule has 5 heteroatoms. The van der Waals surface area contributed by atoms with Crippen LogP contribution in [0.25, 0.3) is 0 Å². The zero-order valence-corrected chi connectivity index (χ0v) is 10.2. The summed E-state index contributed by atoms with van der Waals surface area (Å²) in [6.07, 6.45) is 1.64. The number of amides is 1. The van der Waals surface area contributed by atoms with Crippen LogP contribution in [0.15, 0.2) is 24.3 Å². The molecule has 2 N–H and O–H groups in total. The molecule has 94 valence electrons. The highest BCUT2D eigenvalue weighted by Crippen LogP contribution is 2.17. The molecule has 0 unspecified atom stereocenters. The second kappa shape index (κ2) is 6.57. The number of nitrogens with one attached hydrogen (secondary N) is 2. The van der Waals surface area contributed by atoms with E-state index in [9.17, 15) is 9.18 Å². The minimum atomic E-state index is -0.384. The summed E-state index contributed by atoms with van der Waals surface area (Å²) in [5.74, 6) is -0.461. The Labute approximate surface area is 106 Å². The van der Waals surface area contributed by atoms with Gasteiger partial charge in [-0.25, -0.2) is 4.39 Å². The van der Waals surface area contributed by atoms with Crippen LogP contribution < -0.4 is 10.6 Å². The third kappa shape index (κ3) is 3.68. The fraction of sp³-hybridized carbons (Fsp3) is 0.417. The maximum Gasteiger partial charge on any atom is 0.227 e. The quantitative estimate of drug-likeness (QED) is 0.854. The number of piperidine rings is 1. The number of anilines is 1. The summed E-state index contributed by atoms with van der Waals surface area (Å²) in [7, 11) is 0. The highest BCUT2D eigenvalue weighted by molar-refractivity contribution is 5.92. The van der Waals surface area contributed by atoms with Crippen molar-refractivity contribution in [2.24, 2.45) is 5.92 Å². The molecule has 1 aromatic carbocycles. The number of carbonyl (C=O) groups is 1. The summed E-state index contributed by atoms with van der Waals surface area (Å²) < 4.78 is 13.3. The Morgan fingerprint density at radius 1 is 1.29 bits per heavy atom. The Kier molecular flexibility index (Phi) is 5.38. The van der Waals surface area contributed by atoms with Gasteiger partial charge in [-0.1, -0.05) is 12.1 Å². The third-order valence-electron chi connectivity index (χ3n) is 2.84. The zero-order chi connectivity index (χ0) is 11.4. The first-order valence-electron chi connectivity index (χ1n) is 5.53. The van der Waals surface area contributed by atoms with Crippen LogP contribution in [0.2, 0.25) is 0 Å². The Morgan fingerprint density at radius 2 is 1.94 bits per heavy atom. The SMILES string of the molecule is Cl.O=C(Nc1ccccc1F)C1CCNCC1. The smallest absolute Gasteiger partial charge is 0.227 e. The van der Waals surface area contributed by atoms with Crippen molar-refractivity contribution in [3.8, 4) is 0 Å². The number of rotatable bonds is 2. The van der Waals surface area contributed by atoms with Gasteiger partial charge in [0, 0.05) is 5.92 Å². The van der Waals surface area contributed by atoms with E-state index in [0.29, 0.717) is 0 Å². The fourth-order valence-electron chi connectivity index (χ4n) is 1.88. The normalized spacial score (nSPS) is 16.1. The Morgan fingerprint density at radius 3 is 2.59 bits per heavy atom. The molecule has 1 saturated heterocycles. The van der Waals surface area contributed by atoms with Gasteiger partial charge in [0.15, 0.2) is 0 Å². The van der Waals surface area contributed by atoms with Gasteiger partial charge in [0.05, 0.1) is 5.69 Å². The molecule has 0 aliphatic carbocycles. The van der Waals surface area contributed by atoms with E-state index in [1.54, 1.807) is 18.2 Å². The van der Waals surface area contributed by atoms with E-state index in [1.165, 1.54) is 6.07 Å². The van der Waals surface area contributed by atoms with Crippen molar-refractivity contribution in [2.75, 3.05) is 18.4 Å². The summed E-state index contributed by atoms with van der Waals surface area (Å²) in [5.41, 5.74) is 0.269. The number of halogens is 2. The number of para-hydroxylation sites is 1. The summed E-state index contributed by atoms with van der Waals surface area (Å²) in [4.78, 5) is 11.8. The molecule has 0 aromatic heterocycles. The number of hydrogen-bond acceptors (Lipinski definition) is 2. The molecule has 1 aliphatic heterocycles. The van der Waals surface area contributed by atoms with E-state index in [0.717, 1.165) is 25.9 Å². The van der Waals surface area contributed by atoms with Crippen LogP contribution in [0, 0.1) is 11.7 Å². The second-order valence-electron chi connectivity index (χ2n) is 3.99. The first-order chi connectivity index (χ1) is 7.77. The van der Waals surface area contributed by atoms with Crippen molar-refractivity contribution >= 4 is 24.0 Å². The maximum atomic E-state index is 13.3. The Bertz CT molecular complexity index is 381. The van der Waals surface area contributed by atoms with Gasteiger partial charge in [0.1, 0.15) is 5.82 Å². The van der Waals surface area contributed by atoms with Gasteiger partial charge < -0.3 is 10.6 Å². The number of benzene rings is 1. The van der Waals surface area contributed by atoms with Crippen LogP contribution >= 0.6 is 12.4 Å². The van der Waals surface area contributed by atoms with Gasteiger partial charge in [0.25, 0.3) is 0 Å². The molecule has 0 radical (unpaired) electrons. The van der Waals surface area contributed by atoms with E-state index in [4.69, 9.17) is 0 Å². The van der Waals surface area contributed by atoms with Crippen molar-refractivity contribution in [3.05, 3.63) is 30.1 Å².